The molecule has 1 aromatic heterocycles. The quantitative estimate of drug-likeness (QED) is 0.693. The van der Waals surface area contributed by atoms with Crippen molar-refractivity contribution in [2.45, 2.75) is 19.4 Å². The first-order chi connectivity index (χ1) is 10.7. The highest BCUT2D eigenvalue weighted by atomic mass is 16.5. The van der Waals surface area contributed by atoms with Gasteiger partial charge in [0.15, 0.2) is 0 Å². The summed E-state index contributed by atoms with van der Waals surface area (Å²) >= 11 is 0. The number of imidazole rings is 1. The Labute approximate surface area is 129 Å². The number of hydrogen-bond donors (Lipinski definition) is 0. The topological polar surface area (TPSA) is 44.1 Å². The van der Waals surface area contributed by atoms with E-state index in [1.54, 1.807) is 0 Å². The Hall–Kier alpha value is -2.62. The number of carbonyl (C=O) groups is 1. The van der Waals surface area contributed by atoms with Crippen LogP contribution >= 0.6 is 0 Å². The lowest BCUT2D eigenvalue weighted by molar-refractivity contribution is -0.143. The molecule has 1 atom stereocenters. The van der Waals surface area contributed by atoms with Crippen molar-refractivity contribution in [2.75, 3.05) is 7.11 Å². The Kier molecular flexibility index (Phi) is 3.92. The molecule has 0 N–H and O–H groups in total. The van der Waals surface area contributed by atoms with Gasteiger partial charge in [0.2, 0.25) is 0 Å². The van der Waals surface area contributed by atoms with Crippen LogP contribution in [0.15, 0.2) is 54.6 Å². The smallest absolute Gasteiger partial charge is 0.328 e. The van der Waals surface area contributed by atoms with Gasteiger partial charge < -0.3 is 9.30 Å². The van der Waals surface area contributed by atoms with Crippen molar-refractivity contribution >= 4 is 17.0 Å². The maximum Gasteiger partial charge on any atom is 0.328 e. The summed E-state index contributed by atoms with van der Waals surface area (Å²) in [6.45, 7) is 1.84. The van der Waals surface area contributed by atoms with Crippen LogP contribution in [0.3, 0.4) is 0 Å². The molecule has 0 saturated heterocycles. The van der Waals surface area contributed by atoms with E-state index in [4.69, 9.17) is 9.72 Å². The second kappa shape index (κ2) is 6.02. The molecule has 3 aromatic rings. The highest BCUT2D eigenvalue weighted by molar-refractivity contribution is 5.81. The summed E-state index contributed by atoms with van der Waals surface area (Å²) in [5, 5.41) is 0. The van der Waals surface area contributed by atoms with Gasteiger partial charge in [0.05, 0.1) is 18.1 Å². The summed E-state index contributed by atoms with van der Waals surface area (Å²) in [7, 11) is 1.41. The molecule has 0 amide bonds. The third-order valence-electron chi connectivity index (χ3n) is 3.80. The number of methoxy groups -OCH3 is 1. The van der Waals surface area contributed by atoms with Crippen LogP contribution in [0.25, 0.3) is 11.0 Å². The number of ether oxygens (including phenoxy) is 1. The van der Waals surface area contributed by atoms with E-state index in [2.05, 4.69) is 12.1 Å². The van der Waals surface area contributed by atoms with Crippen LogP contribution in [0, 0.1) is 0 Å². The Morgan fingerprint density at radius 3 is 2.55 bits per heavy atom. The molecule has 0 aliphatic heterocycles. The Morgan fingerprint density at radius 2 is 1.82 bits per heavy atom. The molecule has 4 nitrogen and oxygen atoms in total. The molecule has 1 heterocycles. The Morgan fingerprint density at radius 1 is 1.14 bits per heavy atom. The van der Waals surface area contributed by atoms with Gasteiger partial charge in [0, 0.05) is 6.42 Å². The Bertz CT molecular complexity index is 793. The van der Waals surface area contributed by atoms with Crippen LogP contribution in [0.1, 0.15) is 24.4 Å². The minimum atomic E-state index is -0.406. The lowest BCUT2D eigenvalue weighted by Crippen LogP contribution is -2.20. The molecule has 0 spiro atoms. The number of nitrogens with zero attached hydrogens (tertiary/aromatic N) is 2. The van der Waals surface area contributed by atoms with E-state index in [0.29, 0.717) is 6.42 Å². The summed E-state index contributed by atoms with van der Waals surface area (Å²) < 4.78 is 6.87. The molecule has 22 heavy (non-hydrogen) atoms. The van der Waals surface area contributed by atoms with Crippen LogP contribution in [-0.4, -0.2) is 22.6 Å². The number of esters is 1. The molecule has 2 aromatic carbocycles. The molecule has 0 radical (unpaired) electrons. The van der Waals surface area contributed by atoms with Gasteiger partial charge in [-0.15, -0.1) is 0 Å². The second-order valence-corrected chi connectivity index (χ2v) is 5.25. The van der Waals surface area contributed by atoms with Crippen LogP contribution in [0.2, 0.25) is 0 Å². The first kappa shape index (κ1) is 14.3. The number of benzene rings is 2. The summed E-state index contributed by atoms with van der Waals surface area (Å²) in [5.41, 5.74) is 3.01. The third kappa shape index (κ3) is 2.60. The van der Waals surface area contributed by atoms with Crippen LogP contribution in [0.5, 0.6) is 0 Å². The van der Waals surface area contributed by atoms with Gasteiger partial charge >= 0.3 is 5.97 Å². The second-order valence-electron chi connectivity index (χ2n) is 5.25. The zero-order valence-electron chi connectivity index (χ0n) is 12.7. The van der Waals surface area contributed by atoms with Gasteiger partial charge in [-0.3, -0.25) is 0 Å². The molecule has 0 aliphatic carbocycles. The van der Waals surface area contributed by atoms with Gasteiger partial charge in [-0.05, 0) is 24.6 Å². The van der Waals surface area contributed by atoms with E-state index < -0.39 is 6.04 Å². The van der Waals surface area contributed by atoms with Crippen molar-refractivity contribution in [2.24, 2.45) is 0 Å². The summed E-state index contributed by atoms with van der Waals surface area (Å²) in [6, 6.07) is 17.6. The summed E-state index contributed by atoms with van der Waals surface area (Å²) in [5.74, 6) is 0.600. The Balaban J connectivity index is 2.10. The van der Waals surface area contributed by atoms with Crippen molar-refractivity contribution in [3.8, 4) is 0 Å². The number of carbonyl (C=O) groups excluding carboxylic acids is 1. The van der Waals surface area contributed by atoms with Crippen LogP contribution in [-0.2, 0) is 16.0 Å². The standard InChI is InChI=1S/C18H18N2O2/c1-13(18(21)22-2)20-16-11-7-6-10-15(16)19-17(20)12-14-8-4-3-5-9-14/h3-11,13H,12H2,1-2H3. The van der Waals surface area contributed by atoms with Gasteiger partial charge in [-0.2, -0.15) is 0 Å². The van der Waals surface area contributed by atoms with Crippen molar-refractivity contribution < 1.29 is 9.53 Å². The van der Waals surface area contributed by atoms with Crippen molar-refractivity contribution in [1.82, 2.24) is 9.55 Å². The van der Waals surface area contributed by atoms with E-state index in [1.165, 1.54) is 7.11 Å². The zero-order valence-corrected chi connectivity index (χ0v) is 12.7. The molecule has 4 heteroatoms. The molecule has 3 rings (SSSR count). The molecule has 0 aliphatic rings. The fourth-order valence-corrected chi connectivity index (χ4v) is 2.71. The highest BCUT2D eigenvalue weighted by Gasteiger charge is 2.21. The maximum absolute atomic E-state index is 12.0. The van der Waals surface area contributed by atoms with Crippen molar-refractivity contribution in [3.05, 3.63) is 66.0 Å². The number of rotatable bonds is 4. The average Bonchev–Trinajstić information content (AvgIpc) is 2.92. The molecule has 112 valence electrons. The normalized spacial score (nSPS) is 12.3. The predicted octanol–water partition coefficient (Wildman–Crippen LogP) is 3.36. The predicted molar refractivity (Wildman–Crippen MR) is 85.7 cm³/mol. The molecule has 0 fully saturated rings. The van der Waals surface area contributed by atoms with Gasteiger partial charge in [-0.25, -0.2) is 9.78 Å². The summed E-state index contributed by atoms with van der Waals surface area (Å²) in [4.78, 5) is 16.7. The van der Waals surface area contributed by atoms with E-state index >= 15 is 0 Å². The zero-order chi connectivity index (χ0) is 15.5. The molecule has 0 saturated carbocycles. The number of para-hydroxylation sites is 2. The van der Waals surface area contributed by atoms with E-state index in [9.17, 15) is 4.79 Å². The van der Waals surface area contributed by atoms with Crippen LogP contribution < -0.4 is 0 Å². The highest BCUT2D eigenvalue weighted by Crippen LogP contribution is 2.23. The van der Waals surface area contributed by atoms with Crippen molar-refractivity contribution in [1.29, 1.82) is 0 Å². The average molecular weight is 294 g/mol. The monoisotopic (exact) mass is 294 g/mol. The molecule has 1 unspecified atom stereocenters. The van der Waals surface area contributed by atoms with E-state index in [0.717, 1.165) is 22.4 Å². The lowest BCUT2D eigenvalue weighted by Gasteiger charge is -2.15. The van der Waals surface area contributed by atoms with Gasteiger partial charge in [0.25, 0.3) is 0 Å². The number of fused-ring (bicyclic) bond motifs is 1. The fraction of sp³-hybridized carbons (Fsp3) is 0.222. The maximum atomic E-state index is 12.0. The largest absolute Gasteiger partial charge is 0.467 e. The number of hydrogen-bond acceptors (Lipinski definition) is 3. The first-order valence-electron chi connectivity index (χ1n) is 7.28. The minimum absolute atomic E-state index is 0.266. The SMILES string of the molecule is COC(=O)C(C)n1c(Cc2ccccc2)nc2ccccc21. The lowest BCUT2D eigenvalue weighted by atomic mass is 10.1. The molecule has 0 bridgehead atoms. The van der Waals surface area contributed by atoms with Gasteiger partial charge in [0.1, 0.15) is 11.9 Å². The first-order valence-corrected chi connectivity index (χ1v) is 7.28. The minimum Gasteiger partial charge on any atom is -0.467 e. The summed E-state index contributed by atoms with van der Waals surface area (Å²) in [6.07, 6.45) is 0.677. The van der Waals surface area contributed by atoms with Gasteiger partial charge in [-0.1, -0.05) is 42.5 Å². The fourth-order valence-electron chi connectivity index (χ4n) is 2.71. The van der Waals surface area contributed by atoms with Crippen molar-refractivity contribution in [3.63, 3.8) is 0 Å². The number of aromatic nitrogens is 2. The van der Waals surface area contributed by atoms with E-state index in [-0.39, 0.29) is 5.97 Å². The van der Waals surface area contributed by atoms with E-state index in [1.807, 2.05) is 54.0 Å². The molecular formula is C18H18N2O2. The third-order valence-corrected chi connectivity index (χ3v) is 3.80. The van der Waals surface area contributed by atoms with Crippen LogP contribution in [0.4, 0.5) is 0 Å². The molecular weight excluding hydrogens is 276 g/mol.